The van der Waals surface area contributed by atoms with Crippen LogP contribution in [-0.4, -0.2) is 34.8 Å². The van der Waals surface area contributed by atoms with Crippen LogP contribution in [0.15, 0.2) is 6.07 Å². The van der Waals surface area contributed by atoms with Gasteiger partial charge in [0, 0.05) is 37.9 Å². The highest BCUT2D eigenvalue weighted by atomic mass is 16.3. The van der Waals surface area contributed by atoms with E-state index in [0.29, 0.717) is 5.92 Å². The normalized spacial score (nSPS) is 20.6. The zero-order valence-corrected chi connectivity index (χ0v) is 10.7. The van der Waals surface area contributed by atoms with Crippen LogP contribution in [0.3, 0.4) is 0 Å². The Bertz CT molecular complexity index is 381. The molecule has 0 amide bonds. The van der Waals surface area contributed by atoms with E-state index in [9.17, 15) is 5.11 Å². The van der Waals surface area contributed by atoms with E-state index in [0.717, 1.165) is 49.7 Å². The standard InChI is InChI=1S/C13H21N3O/c1-3-12-14-10(2)7-13(15-12)16-6-4-5-11(8-16)9-17/h7,11,17H,3-6,8-9H2,1-2H3. The minimum absolute atomic E-state index is 0.279. The molecule has 0 radical (unpaired) electrons. The van der Waals surface area contributed by atoms with E-state index in [1.165, 1.54) is 0 Å². The third-order valence-corrected chi connectivity index (χ3v) is 3.30. The molecule has 1 fully saturated rings. The van der Waals surface area contributed by atoms with Gasteiger partial charge in [0.15, 0.2) is 0 Å². The molecule has 1 aromatic heterocycles. The maximum absolute atomic E-state index is 9.25. The summed E-state index contributed by atoms with van der Waals surface area (Å²) in [5.41, 5.74) is 1.03. The largest absolute Gasteiger partial charge is 0.396 e. The zero-order valence-electron chi connectivity index (χ0n) is 10.7. The van der Waals surface area contributed by atoms with Gasteiger partial charge in [0.2, 0.25) is 0 Å². The molecule has 4 heteroatoms. The summed E-state index contributed by atoms with van der Waals surface area (Å²) in [5.74, 6) is 2.32. The number of aryl methyl sites for hydroxylation is 2. The number of rotatable bonds is 3. The lowest BCUT2D eigenvalue weighted by atomic mass is 9.99. The highest BCUT2D eigenvalue weighted by Crippen LogP contribution is 2.21. The molecular formula is C13H21N3O. The van der Waals surface area contributed by atoms with Crippen molar-refractivity contribution in [3.63, 3.8) is 0 Å². The average Bonchev–Trinajstić information content (AvgIpc) is 2.38. The van der Waals surface area contributed by atoms with Gasteiger partial charge in [-0.1, -0.05) is 6.92 Å². The van der Waals surface area contributed by atoms with Crippen LogP contribution in [0.5, 0.6) is 0 Å². The van der Waals surface area contributed by atoms with Gasteiger partial charge in [0.1, 0.15) is 11.6 Å². The number of hydrogen-bond acceptors (Lipinski definition) is 4. The van der Waals surface area contributed by atoms with Crippen LogP contribution >= 0.6 is 0 Å². The van der Waals surface area contributed by atoms with Crippen molar-refractivity contribution in [2.24, 2.45) is 5.92 Å². The van der Waals surface area contributed by atoms with Gasteiger partial charge >= 0.3 is 0 Å². The van der Waals surface area contributed by atoms with Crippen LogP contribution in [0.25, 0.3) is 0 Å². The SMILES string of the molecule is CCc1nc(C)cc(N2CCCC(CO)C2)n1. The minimum Gasteiger partial charge on any atom is -0.396 e. The third-order valence-electron chi connectivity index (χ3n) is 3.30. The van der Waals surface area contributed by atoms with Gasteiger partial charge in [-0.15, -0.1) is 0 Å². The van der Waals surface area contributed by atoms with Crippen LogP contribution in [-0.2, 0) is 6.42 Å². The van der Waals surface area contributed by atoms with Crippen molar-refractivity contribution in [3.8, 4) is 0 Å². The second-order valence-electron chi connectivity index (χ2n) is 4.77. The fraction of sp³-hybridized carbons (Fsp3) is 0.692. The van der Waals surface area contributed by atoms with E-state index in [4.69, 9.17) is 0 Å². The molecule has 0 aromatic carbocycles. The fourth-order valence-electron chi connectivity index (χ4n) is 2.35. The van der Waals surface area contributed by atoms with Crippen molar-refractivity contribution in [3.05, 3.63) is 17.6 Å². The Morgan fingerprint density at radius 1 is 1.47 bits per heavy atom. The van der Waals surface area contributed by atoms with Gasteiger partial charge in [0.05, 0.1) is 0 Å². The van der Waals surface area contributed by atoms with Gasteiger partial charge in [-0.2, -0.15) is 0 Å². The predicted molar refractivity (Wildman–Crippen MR) is 68.2 cm³/mol. The van der Waals surface area contributed by atoms with Gasteiger partial charge in [-0.3, -0.25) is 0 Å². The first-order chi connectivity index (χ1) is 8.22. The summed E-state index contributed by atoms with van der Waals surface area (Å²) in [7, 11) is 0. The van der Waals surface area contributed by atoms with E-state index in [1.54, 1.807) is 0 Å². The lowest BCUT2D eigenvalue weighted by Crippen LogP contribution is -2.37. The molecule has 2 rings (SSSR count). The maximum Gasteiger partial charge on any atom is 0.132 e. The number of aliphatic hydroxyl groups excluding tert-OH is 1. The van der Waals surface area contributed by atoms with Crippen molar-refractivity contribution in [2.75, 3.05) is 24.6 Å². The molecule has 0 saturated carbocycles. The van der Waals surface area contributed by atoms with Crippen LogP contribution in [0.1, 0.15) is 31.3 Å². The number of piperidine rings is 1. The summed E-state index contributed by atoms with van der Waals surface area (Å²) in [4.78, 5) is 11.3. The molecule has 1 saturated heterocycles. The summed E-state index contributed by atoms with van der Waals surface area (Å²) in [6.45, 7) is 6.32. The van der Waals surface area contributed by atoms with Gasteiger partial charge in [0.25, 0.3) is 0 Å². The van der Waals surface area contributed by atoms with Crippen molar-refractivity contribution >= 4 is 5.82 Å². The second-order valence-corrected chi connectivity index (χ2v) is 4.77. The van der Waals surface area contributed by atoms with E-state index < -0.39 is 0 Å². The Labute approximate surface area is 103 Å². The summed E-state index contributed by atoms with van der Waals surface area (Å²) in [6, 6.07) is 2.04. The van der Waals surface area contributed by atoms with E-state index in [1.807, 2.05) is 13.0 Å². The highest BCUT2D eigenvalue weighted by molar-refractivity contribution is 5.40. The molecule has 1 N–H and O–H groups in total. The number of aliphatic hydroxyl groups is 1. The Hall–Kier alpha value is -1.16. The predicted octanol–water partition coefficient (Wildman–Crippen LogP) is 1.56. The van der Waals surface area contributed by atoms with Crippen LogP contribution in [0.2, 0.25) is 0 Å². The Morgan fingerprint density at radius 3 is 3.00 bits per heavy atom. The molecule has 0 bridgehead atoms. The summed E-state index contributed by atoms with van der Waals surface area (Å²) < 4.78 is 0. The average molecular weight is 235 g/mol. The third kappa shape index (κ3) is 2.94. The lowest BCUT2D eigenvalue weighted by Gasteiger charge is -2.32. The lowest BCUT2D eigenvalue weighted by molar-refractivity contribution is 0.208. The van der Waals surface area contributed by atoms with E-state index in [-0.39, 0.29) is 6.61 Å². The highest BCUT2D eigenvalue weighted by Gasteiger charge is 2.20. The molecule has 0 aliphatic carbocycles. The number of anilines is 1. The topological polar surface area (TPSA) is 49.2 Å². The first-order valence-electron chi connectivity index (χ1n) is 6.43. The smallest absolute Gasteiger partial charge is 0.132 e. The molecule has 1 aliphatic heterocycles. The summed E-state index contributed by atoms with van der Waals surface area (Å²) in [5, 5.41) is 9.25. The zero-order chi connectivity index (χ0) is 12.3. The molecule has 94 valence electrons. The van der Waals surface area contributed by atoms with Gasteiger partial charge in [-0.25, -0.2) is 9.97 Å². The quantitative estimate of drug-likeness (QED) is 0.863. The molecule has 1 unspecified atom stereocenters. The fourth-order valence-corrected chi connectivity index (χ4v) is 2.35. The number of nitrogens with zero attached hydrogens (tertiary/aromatic N) is 3. The molecule has 1 atom stereocenters. The second kappa shape index (κ2) is 5.45. The molecule has 17 heavy (non-hydrogen) atoms. The maximum atomic E-state index is 9.25. The first kappa shape index (κ1) is 12.3. The number of aromatic nitrogens is 2. The van der Waals surface area contributed by atoms with E-state index >= 15 is 0 Å². The number of hydrogen-bond donors (Lipinski definition) is 1. The first-order valence-corrected chi connectivity index (χ1v) is 6.43. The Morgan fingerprint density at radius 2 is 2.29 bits per heavy atom. The summed E-state index contributed by atoms with van der Waals surface area (Å²) >= 11 is 0. The van der Waals surface area contributed by atoms with Crippen molar-refractivity contribution in [1.29, 1.82) is 0 Å². The van der Waals surface area contributed by atoms with Crippen molar-refractivity contribution < 1.29 is 5.11 Å². The Kier molecular flexibility index (Phi) is 3.94. The van der Waals surface area contributed by atoms with E-state index in [2.05, 4.69) is 21.8 Å². The molecular weight excluding hydrogens is 214 g/mol. The van der Waals surface area contributed by atoms with Crippen molar-refractivity contribution in [1.82, 2.24) is 9.97 Å². The molecule has 0 spiro atoms. The Balaban J connectivity index is 2.18. The monoisotopic (exact) mass is 235 g/mol. The van der Waals surface area contributed by atoms with Crippen LogP contribution < -0.4 is 4.90 Å². The van der Waals surface area contributed by atoms with Gasteiger partial charge < -0.3 is 10.0 Å². The molecule has 4 nitrogen and oxygen atoms in total. The molecule has 1 aromatic rings. The summed E-state index contributed by atoms with van der Waals surface area (Å²) in [6.07, 6.45) is 3.12. The molecule has 1 aliphatic rings. The molecule has 2 heterocycles. The van der Waals surface area contributed by atoms with Crippen molar-refractivity contribution in [2.45, 2.75) is 33.1 Å². The van der Waals surface area contributed by atoms with Crippen LogP contribution in [0, 0.1) is 12.8 Å². The van der Waals surface area contributed by atoms with Gasteiger partial charge in [-0.05, 0) is 25.7 Å². The minimum atomic E-state index is 0.279. The van der Waals surface area contributed by atoms with Crippen LogP contribution in [0.4, 0.5) is 5.82 Å².